The van der Waals surface area contributed by atoms with E-state index < -0.39 is 23.7 Å². The first-order valence-corrected chi connectivity index (χ1v) is 9.20. The fraction of sp³-hybridized carbons (Fsp3) is 0.550. The largest absolute Gasteiger partial charge is 0.480 e. The number of alkyl carbamates (subject to hydrolysis) is 1. The van der Waals surface area contributed by atoms with Gasteiger partial charge < -0.3 is 20.5 Å². The standard InChI is InChI=1S/C20H30N2O5/c1-20(2,3)27-19(26)21-13-9-5-8-12-17(23)22-16(18(24)25)14-15-10-6-4-7-11-15/h4,6-7,10-11,16H,5,8-9,12-14H2,1-3H3,(H,21,26)(H,22,23)(H,24,25)/t16-/m1/s1. The summed E-state index contributed by atoms with van der Waals surface area (Å²) in [6, 6.07) is 8.26. The van der Waals surface area contributed by atoms with Crippen LogP contribution in [0.4, 0.5) is 4.79 Å². The molecule has 3 N–H and O–H groups in total. The van der Waals surface area contributed by atoms with Crippen molar-refractivity contribution in [2.45, 2.75) is 64.5 Å². The zero-order valence-corrected chi connectivity index (χ0v) is 16.3. The Balaban J connectivity index is 2.21. The molecule has 27 heavy (non-hydrogen) atoms. The highest BCUT2D eigenvalue weighted by atomic mass is 16.6. The highest BCUT2D eigenvalue weighted by Crippen LogP contribution is 2.07. The Morgan fingerprint density at radius 2 is 1.74 bits per heavy atom. The number of aliphatic carboxylic acids is 1. The van der Waals surface area contributed by atoms with Gasteiger partial charge in [0, 0.05) is 19.4 Å². The number of amides is 2. The lowest BCUT2D eigenvalue weighted by molar-refractivity contribution is -0.141. The summed E-state index contributed by atoms with van der Waals surface area (Å²) >= 11 is 0. The molecule has 0 aliphatic heterocycles. The third kappa shape index (κ3) is 10.9. The minimum atomic E-state index is -1.05. The van der Waals surface area contributed by atoms with E-state index in [1.165, 1.54) is 0 Å². The molecule has 0 aromatic heterocycles. The van der Waals surface area contributed by atoms with E-state index in [9.17, 15) is 19.5 Å². The fourth-order valence-electron chi connectivity index (χ4n) is 2.41. The molecular weight excluding hydrogens is 348 g/mol. The predicted octanol–water partition coefficient (Wildman–Crippen LogP) is 2.88. The maximum absolute atomic E-state index is 12.0. The van der Waals surface area contributed by atoms with Crippen molar-refractivity contribution in [1.29, 1.82) is 0 Å². The summed E-state index contributed by atoms with van der Waals surface area (Å²) in [5.74, 6) is -1.33. The molecule has 0 aliphatic rings. The lowest BCUT2D eigenvalue weighted by Crippen LogP contribution is -2.42. The molecule has 1 rings (SSSR count). The van der Waals surface area contributed by atoms with Gasteiger partial charge in [-0.2, -0.15) is 0 Å². The van der Waals surface area contributed by atoms with Gasteiger partial charge in [-0.25, -0.2) is 9.59 Å². The lowest BCUT2D eigenvalue weighted by atomic mass is 10.1. The van der Waals surface area contributed by atoms with Crippen LogP contribution in [0.15, 0.2) is 30.3 Å². The monoisotopic (exact) mass is 378 g/mol. The van der Waals surface area contributed by atoms with E-state index in [2.05, 4.69) is 10.6 Å². The molecule has 0 saturated carbocycles. The second-order valence-corrected chi connectivity index (χ2v) is 7.39. The number of carbonyl (C=O) groups excluding carboxylic acids is 2. The Morgan fingerprint density at radius 1 is 1.07 bits per heavy atom. The van der Waals surface area contributed by atoms with Crippen LogP contribution in [0.5, 0.6) is 0 Å². The van der Waals surface area contributed by atoms with Crippen molar-refractivity contribution in [2.75, 3.05) is 6.54 Å². The summed E-state index contributed by atoms with van der Waals surface area (Å²) in [5.41, 5.74) is 0.334. The van der Waals surface area contributed by atoms with Gasteiger partial charge >= 0.3 is 12.1 Å². The number of carboxylic acid groups (broad SMARTS) is 1. The van der Waals surface area contributed by atoms with E-state index in [1.54, 1.807) is 20.8 Å². The van der Waals surface area contributed by atoms with Crippen molar-refractivity contribution in [3.63, 3.8) is 0 Å². The average Bonchev–Trinajstić information content (AvgIpc) is 2.56. The highest BCUT2D eigenvalue weighted by Gasteiger charge is 2.20. The number of nitrogens with one attached hydrogen (secondary N) is 2. The Kier molecular flexibility index (Phi) is 9.33. The van der Waals surface area contributed by atoms with Crippen molar-refractivity contribution < 1.29 is 24.2 Å². The zero-order valence-electron chi connectivity index (χ0n) is 16.3. The third-order valence-electron chi connectivity index (χ3n) is 3.66. The Morgan fingerprint density at radius 3 is 2.33 bits per heavy atom. The van der Waals surface area contributed by atoms with Crippen molar-refractivity contribution in [2.24, 2.45) is 0 Å². The summed E-state index contributed by atoms with van der Waals surface area (Å²) in [5, 5.41) is 14.5. The summed E-state index contributed by atoms with van der Waals surface area (Å²) in [7, 11) is 0. The van der Waals surface area contributed by atoms with Crippen LogP contribution in [0.2, 0.25) is 0 Å². The molecule has 7 heteroatoms. The van der Waals surface area contributed by atoms with E-state index >= 15 is 0 Å². The summed E-state index contributed by atoms with van der Waals surface area (Å²) in [4.78, 5) is 34.8. The molecule has 0 bridgehead atoms. The van der Waals surface area contributed by atoms with Crippen molar-refractivity contribution in [1.82, 2.24) is 10.6 Å². The van der Waals surface area contributed by atoms with E-state index in [4.69, 9.17) is 4.74 Å². The normalized spacial score (nSPS) is 12.1. The Bertz CT molecular complexity index is 611. The van der Waals surface area contributed by atoms with Gasteiger partial charge in [0.05, 0.1) is 0 Å². The van der Waals surface area contributed by atoms with Gasteiger partial charge in [0.2, 0.25) is 5.91 Å². The molecule has 0 aliphatic carbocycles. The number of hydrogen-bond acceptors (Lipinski definition) is 4. The van der Waals surface area contributed by atoms with Gasteiger partial charge in [-0.1, -0.05) is 36.8 Å². The molecule has 150 valence electrons. The number of carboxylic acids is 1. The predicted molar refractivity (Wildman–Crippen MR) is 102 cm³/mol. The minimum Gasteiger partial charge on any atom is -0.480 e. The van der Waals surface area contributed by atoms with E-state index in [0.717, 1.165) is 18.4 Å². The number of carbonyl (C=O) groups is 3. The third-order valence-corrected chi connectivity index (χ3v) is 3.66. The SMILES string of the molecule is CC(C)(C)OC(=O)NCCCCCC(=O)N[C@H](Cc1ccccc1)C(=O)O. The molecule has 0 spiro atoms. The molecular formula is C20H30N2O5. The molecule has 0 unspecified atom stereocenters. The maximum Gasteiger partial charge on any atom is 0.407 e. The molecule has 0 fully saturated rings. The molecule has 0 heterocycles. The Labute approximate surface area is 160 Å². The van der Waals surface area contributed by atoms with Crippen LogP contribution in [-0.2, 0) is 20.7 Å². The van der Waals surface area contributed by atoms with E-state index in [0.29, 0.717) is 13.0 Å². The molecule has 1 aromatic carbocycles. The van der Waals surface area contributed by atoms with Crippen LogP contribution >= 0.6 is 0 Å². The van der Waals surface area contributed by atoms with Crippen molar-refractivity contribution in [3.05, 3.63) is 35.9 Å². The van der Waals surface area contributed by atoms with Crippen molar-refractivity contribution in [3.8, 4) is 0 Å². The highest BCUT2D eigenvalue weighted by molar-refractivity contribution is 5.83. The first-order valence-electron chi connectivity index (χ1n) is 9.20. The lowest BCUT2D eigenvalue weighted by Gasteiger charge is -2.19. The first-order chi connectivity index (χ1) is 12.7. The number of benzene rings is 1. The molecule has 0 saturated heterocycles. The average molecular weight is 378 g/mol. The quantitative estimate of drug-likeness (QED) is 0.543. The van der Waals surface area contributed by atoms with Gasteiger partial charge in [0.25, 0.3) is 0 Å². The van der Waals surface area contributed by atoms with Gasteiger partial charge in [0.1, 0.15) is 11.6 Å². The van der Waals surface area contributed by atoms with Gasteiger partial charge in [-0.15, -0.1) is 0 Å². The van der Waals surface area contributed by atoms with Crippen LogP contribution < -0.4 is 10.6 Å². The van der Waals surface area contributed by atoms with Crippen LogP contribution in [0.1, 0.15) is 52.0 Å². The fourth-order valence-corrected chi connectivity index (χ4v) is 2.41. The number of hydrogen-bond donors (Lipinski definition) is 3. The number of ether oxygens (including phenoxy) is 1. The maximum atomic E-state index is 12.0. The molecule has 1 aromatic rings. The molecule has 0 radical (unpaired) electrons. The van der Waals surface area contributed by atoms with Gasteiger partial charge in [-0.3, -0.25) is 4.79 Å². The van der Waals surface area contributed by atoms with Gasteiger partial charge in [0.15, 0.2) is 0 Å². The number of rotatable bonds is 10. The molecule has 7 nitrogen and oxygen atoms in total. The summed E-state index contributed by atoms with van der Waals surface area (Å²) in [6.07, 6.45) is 2.15. The van der Waals surface area contributed by atoms with Crippen LogP contribution in [0, 0.1) is 0 Å². The van der Waals surface area contributed by atoms with E-state index in [-0.39, 0.29) is 18.7 Å². The first kappa shape index (κ1) is 22.5. The summed E-state index contributed by atoms with van der Waals surface area (Å²) < 4.78 is 5.13. The van der Waals surface area contributed by atoms with Crippen molar-refractivity contribution >= 4 is 18.0 Å². The topological polar surface area (TPSA) is 105 Å². The molecule has 2 amide bonds. The van der Waals surface area contributed by atoms with Crippen LogP contribution in [-0.4, -0.2) is 41.3 Å². The second kappa shape index (κ2) is 11.2. The number of unbranched alkanes of at least 4 members (excludes halogenated alkanes) is 2. The minimum absolute atomic E-state index is 0.252. The summed E-state index contributed by atoms with van der Waals surface area (Å²) in [6.45, 7) is 5.87. The van der Waals surface area contributed by atoms with Gasteiger partial charge in [-0.05, 0) is 39.2 Å². The van der Waals surface area contributed by atoms with Crippen LogP contribution in [0.3, 0.4) is 0 Å². The zero-order chi connectivity index (χ0) is 20.3. The van der Waals surface area contributed by atoms with E-state index in [1.807, 2.05) is 30.3 Å². The van der Waals surface area contributed by atoms with Crippen LogP contribution in [0.25, 0.3) is 0 Å². The Hall–Kier alpha value is -2.57. The second-order valence-electron chi connectivity index (χ2n) is 7.39. The smallest absolute Gasteiger partial charge is 0.407 e. The molecule has 1 atom stereocenters.